The third-order valence-electron chi connectivity index (χ3n) is 6.02. The van der Waals surface area contributed by atoms with E-state index < -0.39 is 0 Å². The van der Waals surface area contributed by atoms with Crippen molar-refractivity contribution >= 4 is 39.7 Å². The third-order valence-corrected chi connectivity index (χ3v) is 6.27. The largest absolute Gasteiger partial charge is 0.497 e. The van der Waals surface area contributed by atoms with Crippen LogP contribution in [0, 0.1) is 6.92 Å². The minimum Gasteiger partial charge on any atom is -0.497 e. The van der Waals surface area contributed by atoms with Crippen LogP contribution in [-0.4, -0.2) is 62.4 Å². The highest BCUT2D eigenvalue weighted by Crippen LogP contribution is 2.27. The highest BCUT2D eigenvalue weighted by atomic mass is 32.1. The van der Waals surface area contributed by atoms with Crippen LogP contribution in [0.2, 0.25) is 0 Å². The lowest BCUT2D eigenvalue weighted by atomic mass is 10.1. The molecule has 2 aromatic carbocycles. The summed E-state index contributed by atoms with van der Waals surface area (Å²) in [6, 6.07) is 14.1. The molecule has 0 unspecified atom stereocenters. The van der Waals surface area contributed by atoms with Crippen molar-refractivity contribution < 1.29 is 9.47 Å². The molecule has 0 atom stereocenters. The molecule has 0 radical (unpaired) electrons. The zero-order valence-corrected chi connectivity index (χ0v) is 20.5. The van der Waals surface area contributed by atoms with Crippen molar-refractivity contribution in [2.24, 2.45) is 0 Å². The highest BCUT2D eigenvalue weighted by Gasteiger charge is 2.16. The summed E-state index contributed by atoms with van der Waals surface area (Å²) >= 11 is 5.52. The van der Waals surface area contributed by atoms with Crippen LogP contribution in [0.1, 0.15) is 11.1 Å². The maximum absolute atomic E-state index is 5.52. The Kier molecular flexibility index (Phi) is 7.15. The summed E-state index contributed by atoms with van der Waals surface area (Å²) < 4.78 is 10.7. The summed E-state index contributed by atoms with van der Waals surface area (Å²) in [5.41, 5.74) is 4.13. The van der Waals surface area contributed by atoms with Gasteiger partial charge < -0.3 is 29.9 Å². The SMILES string of the molecule is COc1ccc(CNC(=S)Nc2ccc3nc(N4CCN(C)CC4)cc(C)c3c2)c(OC)c1. The molecule has 0 bridgehead atoms. The second kappa shape index (κ2) is 10.2. The molecule has 0 aliphatic carbocycles. The van der Waals surface area contributed by atoms with Crippen LogP contribution in [0.3, 0.4) is 0 Å². The molecule has 3 aromatic rings. The van der Waals surface area contributed by atoms with Gasteiger partial charge in [0.1, 0.15) is 17.3 Å². The van der Waals surface area contributed by atoms with E-state index in [9.17, 15) is 0 Å². The lowest BCUT2D eigenvalue weighted by Gasteiger charge is -2.33. The Hall–Kier alpha value is -3.10. The number of piperazine rings is 1. The van der Waals surface area contributed by atoms with Gasteiger partial charge in [-0.3, -0.25) is 0 Å². The Labute approximate surface area is 200 Å². The number of likely N-dealkylation sites (N-methyl/N-ethyl adjacent to an activating group) is 1. The monoisotopic (exact) mass is 465 g/mol. The molecule has 1 aliphatic heterocycles. The summed E-state index contributed by atoms with van der Waals surface area (Å²) in [7, 11) is 5.45. The molecule has 1 fully saturated rings. The number of thiocarbonyl (C=S) groups is 1. The number of methoxy groups -OCH3 is 2. The summed E-state index contributed by atoms with van der Waals surface area (Å²) in [6.07, 6.45) is 0. The molecule has 0 amide bonds. The fraction of sp³-hybridized carbons (Fsp3) is 0.360. The van der Waals surface area contributed by atoms with E-state index in [0.29, 0.717) is 11.7 Å². The van der Waals surface area contributed by atoms with Crippen LogP contribution in [0.5, 0.6) is 11.5 Å². The average Bonchev–Trinajstić information content (AvgIpc) is 2.83. The number of rotatable bonds is 6. The number of hydrogen-bond acceptors (Lipinski definition) is 6. The molecular weight excluding hydrogens is 434 g/mol. The molecule has 0 saturated carbocycles. The molecule has 1 aromatic heterocycles. The molecular formula is C25H31N5O2S. The second-order valence-electron chi connectivity index (χ2n) is 8.31. The number of aromatic nitrogens is 1. The molecule has 2 N–H and O–H groups in total. The fourth-order valence-corrected chi connectivity index (χ4v) is 4.19. The number of pyridine rings is 1. The van der Waals surface area contributed by atoms with Crippen molar-refractivity contribution in [3.63, 3.8) is 0 Å². The van der Waals surface area contributed by atoms with Crippen molar-refractivity contribution in [3.05, 3.63) is 53.6 Å². The van der Waals surface area contributed by atoms with Crippen LogP contribution in [0.25, 0.3) is 10.9 Å². The zero-order valence-electron chi connectivity index (χ0n) is 19.6. The molecule has 1 aliphatic rings. The van der Waals surface area contributed by atoms with E-state index in [1.165, 1.54) is 5.56 Å². The number of benzene rings is 2. The summed E-state index contributed by atoms with van der Waals surface area (Å²) in [4.78, 5) is 9.64. The van der Waals surface area contributed by atoms with E-state index in [2.05, 4.69) is 52.6 Å². The van der Waals surface area contributed by atoms with Crippen molar-refractivity contribution in [1.29, 1.82) is 0 Å². The number of nitrogens with zero attached hydrogens (tertiary/aromatic N) is 3. The van der Waals surface area contributed by atoms with E-state index in [1.807, 2.05) is 24.3 Å². The minimum atomic E-state index is 0.543. The smallest absolute Gasteiger partial charge is 0.171 e. The number of anilines is 2. The molecule has 33 heavy (non-hydrogen) atoms. The van der Waals surface area contributed by atoms with Gasteiger partial charge in [-0.05, 0) is 68.2 Å². The van der Waals surface area contributed by atoms with Crippen LogP contribution < -0.4 is 25.0 Å². The zero-order chi connectivity index (χ0) is 23.4. The number of ether oxygens (including phenoxy) is 2. The number of fused-ring (bicyclic) bond motifs is 1. The van der Waals surface area contributed by atoms with Crippen LogP contribution in [0.15, 0.2) is 42.5 Å². The maximum atomic E-state index is 5.52. The lowest BCUT2D eigenvalue weighted by molar-refractivity contribution is 0.312. The van der Waals surface area contributed by atoms with E-state index in [1.54, 1.807) is 14.2 Å². The van der Waals surface area contributed by atoms with Gasteiger partial charge in [0, 0.05) is 55.4 Å². The van der Waals surface area contributed by atoms with Gasteiger partial charge in [-0.1, -0.05) is 0 Å². The minimum absolute atomic E-state index is 0.543. The first-order valence-corrected chi connectivity index (χ1v) is 11.5. The average molecular weight is 466 g/mol. The summed E-state index contributed by atoms with van der Waals surface area (Å²) in [5.74, 6) is 2.57. The Morgan fingerprint density at radius 1 is 1.03 bits per heavy atom. The first-order chi connectivity index (χ1) is 16.0. The van der Waals surface area contributed by atoms with Crippen molar-refractivity contribution in [1.82, 2.24) is 15.2 Å². The number of hydrogen-bond donors (Lipinski definition) is 2. The van der Waals surface area contributed by atoms with Gasteiger partial charge in [0.05, 0.1) is 19.7 Å². The Morgan fingerprint density at radius 3 is 2.55 bits per heavy atom. The molecule has 0 spiro atoms. The van der Waals surface area contributed by atoms with Gasteiger partial charge >= 0.3 is 0 Å². The Bertz CT molecular complexity index is 1150. The normalized spacial score (nSPS) is 14.2. The summed E-state index contributed by atoms with van der Waals surface area (Å²) in [5, 5.41) is 8.21. The molecule has 174 valence electrons. The fourth-order valence-electron chi connectivity index (χ4n) is 4.00. The summed E-state index contributed by atoms with van der Waals surface area (Å²) in [6.45, 7) is 6.82. The maximum Gasteiger partial charge on any atom is 0.171 e. The van der Waals surface area contributed by atoms with E-state index in [4.69, 9.17) is 26.7 Å². The number of aryl methyl sites for hydroxylation is 1. The van der Waals surface area contributed by atoms with E-state index in [0.717, 1.165) is 65.6 Å². The standard InChI is InChI=1S/C25H31N5O2S/c1-17-13-24(30-11-9-29(2)10-12-30)28-22-8-6-19(14-21(17)22)27-25(33)26-16-18-5-7-20(31-3)15-23(18)32-4/h5-8,13-15H,9-12,16H2,1-4H3,(H2,26,27,33). The quantitative estimate of drug-likeness (QED) is 0.533. The molecule has 8 heteroatoms. The van der Waals surface area contributed by atoms with Gasteiger partial charge in [-0.2, -0.15) is 0 Å². The number of nitrogens with one attached hydrogen (secondary N) is 2. The molecule has 2 heterocycles. The van der Waals surface area contributed by atoms with E-state index in [-0.39, 0.29) is 0 Å². The first-order valence-electron chi connectivity index (χ1n) is 11.1. The highest BCUT2D eigenvalue weighted by molar-refractivity contribution is 7.80. The van der Waals surface area contributed by atoms with Gasteiger partial charge in [0.25, 0.3) is 0 Å². The Morgan fingerprint density at radius 2 is 1.82 bits per heavy atom. The predicted octanol–water partition coefficient (Wildman–Crippen LogP) is 3.80. The Balaban J connectivity index is 1.43. The van der Waals surface area contributed by atoms with Gasteiger partial charge in [0.15, 0.2) is 5.11 Å². The topological polar surface area (TPSA) is 61.9 Å². The van der Waals surface area contributed by atoms with Crippen LogP contribution in [0.4, 0.5) is 11.5 Å². The van der Waals surface area contributed by atoms with Crippen molar-refractivity contribution in [2.75, 3.05) is 57.7 Å². The molecule has 7 nitrogen and oxygen atoms in total. The van der Waals surface area contributed by atoms with Crippen LogP contribution in [-0.2, 0) is 6.54 Å². The third kappa shape index (κ3) is 5.46. The van der Waals surface area contributed by atoms with Gasteiger partial charge in [0.2, 0.25) is 0 Å². The first kappa shape index (κ1) is 23.1. The molecule has 1 saturated heterocycles. The van der Waals surface area contributed by atoms with Gasteiger partial charge in [-0.15, -0.1) is 0 Å². The van der Waals surface area contributed by atoms with Gasteiger partial charge in [-0.25, -0.2) is 4.98 Å². The van der Waals surface area contributed by atoms with E-state index >= 15 is 0 Å². The van der Waals surface area contributed by atoms with Crippen molar-refractivity contribution in [2.45, 2.75) is 13.5 Å². The van der Waals surface area contributed by atoms with Crippen molar-refractivity contribution in [3.8, 4) is 11.5 Å². The van der Waals surface area contributed by atoms with Crippen LogP contribution >= 0.6 is 12.2 Å². The lowest BCUT2D eigenvalue weighted by Crippen LogP contribution is -2.44. The predicted molar refractivity (Wildman–Crippen MR) is 139 cm³/mol. The molecule has 4 rings (SSSR count). The second-order valence-corrected chi connectivity index (χ2v) is 8.71.